The molecule has 1 unspecified atom stereocenters. The fourth-order valence-electron chi connectivity index (χ4n) is 1.97. The van der Waals surface area contributed by atoms with Crippen LogP contribution < -0.4 is 5.32 Å². The van der Waals surface area contributed by atoms with Gasteiger partial charge in [0.15, 0.2) is 0 Å². The monoisotopic (exact) mass is 246 g/mol. The molecule has 2 saturated heterocycles. The molecule has 0 aromatic rings. The van der Waals surface area contributed by atoms with Gasteiger partial charge in [-0.3, -0.25) is 14.5 Å². The largest absolute Gasteiger partial charge is 0.394 e. The maximum Gasteiger partial charge on any atom is 0.317 e. The van der Waals surface area contributed by atoms with E-state index in [1.54, 1.807) is 0 Å². The molecule has 2 fully saturated rings. The van der Waals surface area contributed by atoms with E-state index in [1.807, 2.05) is 0 Å². The first-order valence-corrected chi connectivity index (χ1v) is 5.18. The molecule has 2 amide bonds. The Labute approximate surface area is 97.1 Å². The van der Waals surface area contributed by atoms with Gasteiger partial charge < -0.3 is 25.0 Å². The van der Waals surface area contributed by atoms with E-state index in [4.69, 9.17) is 14.6 Å². The van der Waals surface area contributed by atoms with Crippen molar-refractivity contribution in [2.75, 3.05) is 13.7 Å². The van der Waals surface area contributed by atoms with Crippen molar-refractivity contribution < 1.29 is 29.3 Å². The fraction of sp³-hybridized carbons (Fsp3) is 0.778. The second kappa shape index (κ2) is 4.57. The van der Waals surface area contributed by atoms with Crippen LogP contribution in [0.15, 0.2) is 0 Å². The lowest BCUT2D eigenvalue weighted by Crippen LogP contribution is -2.45. The van der Waals surface area contributed by atoms with Gasteiger partial charge in [0.25, 0.3) is 0 Å². The van der Waals surface area contributed by atoms with Crippen molar-refractivity contribution in [1.82, 2.24) is 10.2 Å². The zero-order chi connectivity index (χ0) is 12.6. The highest BCUT2D eigenvalue weighted by atomic mass is 16.6. The van der Waals surface area contributed by atoms with Crippen LogP contribution in [-0.4, -0.2) is 65.4 Å². The van der Waals surface area contributed by atoms with E-state index in [-0.39, 0.29) is 13.0 Å². The minimum Gasteiger partial charge on any atom is -0.394 e. The number of carbonyl (C=O) groups excluding carboxylic acids is 2. The van der Waals surface area contributed by atoms with Gasteiger partial charge in [0, 0.05) is 13.5 Å². The molecule has 3 N–H and O–H groups in total. The Morgan fingerprint density at radius 2 is 2.29 bits per heavy atom. The number of methoxy groups -OCH3 is 1. The standard InChI is InChI=1S/C9H14N2O6/c1-16-9-10-7(14)8(15)11(9)6-2-4(13)5(3-12)17-6/h4-6,9,12-13H,2-3H2,1H3,(H,10,14)/t4-,5+,6+,9?/m0/s1. The summed E-state index contributed by atoms with van der Waals surface area (Å²) < 4.78 is 10.2. The van der Waals surface area contributed by atoms with Crippen molar-refractivity contribution in [3.63, 3.8) is 0 Å². The summed E-state index contributed by atoms with van der Waals surface area (Å²) in [5.41, 5.74) is 0. The highest BCUT2D eigenvalue weighted by Crippen LogP contribution is 2.26. The van der Waals surface area contributed by atoms with E-state index in [2.05, 4.69) is 5.32 Å². The molecule has 0 aromatic heterocycles. The van der Waals surface area contributed by atoms with Crippen LogP contribution in [0.1, 0.15) is 6.42 Å². The third kappa shape index (κ3) is 2.00. The molecule has 2 rings (SSSR count). The third-order valence-corrected chi connectivity index (χ3v) is 2.85. The summed E-state index contributed by atoms with van der Waals surface area (Å²) in [5, 5.41) is 20.8. The number of hydrogen-bond acceptors (Lipinski definition) is 6. The van der Waals surface area contributed by atoms with Gasteiger partial charge in [0.05, 0.1) is 12.7 Å². The van der Waals surface area contributed by atoms with Crippen molar-refractivity contribution in [3.05, 3.63) is 0 Å². The predicted molar refractivity (Wildman–Crippen MR) is 52.2 cm³/mol. The van der Waals surface area contributed by atoms with Gasteiger partial charge in [-0.1, -0.05) is 0 Å². The van der Waals surface area contributed by atoms with Crippen LogP contribution >= 0.6 is 0 Å². The van der Waals surface area contributed by atoms with Crippen molar-refractivity contribution in [1.29, 1.82) is 0 Å². The molecule has 0 saturated carbocycles. The second-order valence-electron chi connectivity index (χ2n) is 3.89. The first-order valence-electron chi connectivity index (χ1n) is 5.18. The van der Waals surface area contributed by atoms with Gasteiger partial charge in [-0.25, -0.2) is 0 Å². The van der Waals surface area contributed by atoms with Gasteiger partial charge in [-0.2, -0.15) is 0 Å². The van der Waals surface area contributed by atoms with Crippen LogP contribution in [0.5, 0.6) is 0 Å². The summed E-state index contributed by atoms with van der Waals surface area (Å²) in [6, 6.07) is 0. The van der Waals surface area contributed by atoms with E-state index < -0.39 is 36.6 Å². The molecule has 0 spiro atoms. The summed E-state index contributed by atoms with van der Waals surface area (Å²) in [6.07, 6.45) is -3.17. The molecule has 0 aliphatic carbocycles. The summed E-state index contributed by atoms with van der Waals surface area (Å²) in [6.45, 7) is -0.348. The van der Waals surface area contributed by atoms with Gasteiger partial charge in [0.1, 0.15) is 12.3 Å². The molecule has 0 bridgehead atoms. The van der Waals surface area contributed by atoms with Crippen LogP contribution in [0.3, 0.4) is 0 Å². The average molecular weight is 246 g/mol. The minimum atomic E-state index is -0.898. The SMILES string of the molecule is COC1NC(=O)C(=O)N1[C@H]1C[C@H](O)[C@@H](CO)O1. The molecule has 4 atom stereocenters. The average Bonchev–Trinajstić information content (AvgIpc) is 2.80. The van der Waals surface area contributed by atoms with E-state index >= 15 is 0 Å². The maximum atomic E-state index is 11.6. The van der Waals surface area contributed by atoms with E-state index in [1.165, 1.54) is 7.11 Å². The van der Waals surface area contributed by atoms with Crippen LogP contribution in [0.2, 0.25) is 0 Å². The maximum absolute atomic E-state index is 11.6. The molecular formula is C9H14N2O6. The number of carbonyl (C=O) groups is 2. The van der Waals surface area contributed by atoms with Gasteiger partial charge >= 0.3 is 11.8 Å². The molecule has 0 radical (unpaired) electrons. The van der Waals surface area contributed by atoms with E-state index in [9.17, 15) is 14.7 Å². The van der Waals surface area contributed by atoms with Crippen molar-refractivity contribution in [2.45, 2.75) is 31.2 Å². The number of aliphatic hydroxyl groups excluding tert-OH is 2. The van der Waals surface area contributed by atoms with Gasteiger partial charge in [0.2, 0.25) is 6.35 Å². The Kier molecular flexibility index (Phi) is 3.29. The second-order valence-corrected chi connectivity index (χ2v) is 3.89. The Hall–Kier alpha value is -1.22. The van der Waals surface area contributed by atoms with Gasteiger partial charge in [-0.05, 0) is 0 Å². The van der Waals surface area contributed by atoms with E-state index in [0.717, 1.165) is 4.90 Å². The lowest BCUT2D eigenvalue weighted by Gasteiger charge is -2.27. The minimum absolute atomic E-state index is 0.131. The van der Waals surface area contributed by atoms with Crippen molar-refractivity contribution in [2.24, 2.45) is 0 Å². The lowest BCUT2D eigenvalue weighted by atomic mass is 10.2. The molecule has 2 heterocycles. The molecule has 17 heavy (non-hydrogen) atoms. The number of rotatable bonds is 3. The van der Waals surface area contributed by atoms with Crippen molar-refractivity contribution in [3.8, 4) is 0 Å². The number of ether oxygens (including phenoxy) is 2. The van der Waals surface area contributed by atoms with Gasteiger partial charge in [-0.15, -0.1) is 0 Å². The fourth-order valence-corrected chi connectivity index (χ4v) is 1.97. The third-order valence-electron chi connectivity index (χ3n) is 2.85. The topological polar surface area (TPSA) is 108 Å². The molecule has 8 nitrogen and oxygen atoms in total. The summed E-state index contributed by atoms with van der Waals surface area (Å²) >= 11 is 0. The normalized spacial score (nSPS) is 37.7. The number of amides is 2. The lowest BCUT2D eigenvalue weighted by molar-refractivity contribution is -0.163. The van der Waals surface area contributed by atoms with Crippen LogP contribution in [-0.2, 0) is 19.1 Å². The molecule has 2 aliphatic heterocycles. The highest BCUT2D eigenvalue weighted by Gasteiger charge is 2.47. The smallest absolute Gasteiger partial charge is 0.317 e. The number of nitrogens with zero attached hydrogens (tertiary/aromatic N) is 1. The zero-order valence-electron chi connectivity index (χ0n) is 9.20. The van der Waals surface area contributed by atoms with Crippen LogP contribution in [0, 0.1) is 0 Å². The number of aliphatic hydroxyl groups is 2. The molecule has 2 aliphatic rings. The van der Waals surface area contributed by atoms with E-state index in [0.29, 0.717) is 0 Å². The predicted octanol–water partition coefficient (Wildman–Crippen LogP) is -2.66. The molecule has 8 heteroatoms. The molecule has 96 valence electrons. The highest BCUT2D eigenvalue weighted by molar-refractivity contribution is 6.36. The Morgan fingerprint density at radius 3 is 2.82 bits per heavy atom. The molecular weight excluding hydrogens is 232 g/mol. The number of nitrogens with one attached hydrogen (secondary N) is 1. The Balaban J connectivity index is 2.11. The Bertz CT molecular complexity index is 335. The van der Waals surface area contributed by atoms with Crippen LogP contribution in [0.25, 0.3) is 0 Å². The van der Waals surface area contributed by atoms with Crippen molar-refractivity contribution >= 4 is 11.8 Å². The zero-order valence-corrected chi connectivity index (χ0v) is 9.20. The summed E-state index contributed by atoms with van der Waals surface area (Å²) in [7, 11) is 1.34. The summed E-state index contributed by atoms with van der Waals surface area (Å²) in [5.74, 6) is -1.55. The van der Waals surface area contributed by atoms with Crippen LogP contribution in [0.4, 0.5) is 0 Å². The molecule has 0 aromatic carbocycles. The quantitative estimate of drug-likeness (QED) is 0.469. The first kappa shape index (κ1) is 12.2. The Morgan fingerprint density at radius 1 is 1.59 bits per heavy atom. The number of hydrogen-bond donors (Lipinski definition) is 3. The first-order chi connectivity index (χ1) is 8.08. The summed E-state index contributed by atoms with van der Waals surface area (Å²) in [4.78, 5) is 23.9.